The summed E-state index contributed by atoms with van der Waals surface area (Å²) in [5.41, 5.74) is 0. The summed E-state index contributed by atoms with van der Waals surface area (Å²) < 4.78 is 5.29. The van der Waals surface area contributed by atoms with Gasteiger partial charge in [0.2, 0.25) is 5.91 Å². The number of hydrogen-bond acceptors (Lipinski definition) is 3. The molecule has 0 aromatic rings. The molecule has 1 fully saturated rings. The Labute approximate surface area is 108 Å². The van der Waals surface area contributed by atoms with Crippen molar-refractivity contribution in [1.29, 1.82) is 0 Å². The van der Waals surface area contributed by atoms with E-state index in [-0.39, 0.29) is 17.7 Å². The van der Waals surface area contributed by atoms with Crippen LogP contribution in [0.1, 0.15) is 39.5 Å². The molecule has 1 heterocycles. The van der Waals surface area contributed by atoms with Crippen LogP contribution >= 0.6 is 0 Å². The Hall–Kier alpha value is -1.10. The Bertz CT molecular complexity index is 283. The van der Waals surface area contributed by atoms with Crippen LogP contribution in [-0.2, 0) is 14.3 Å². The lowest BCUT2D eigenvalue weighted by Gasteiger charge is -2.29. The molecule has 1 saturated heterocycles. The van der Waals surface area contributed by atoms with E-state index in [0.29, 0.717) is 13.2 Å². The number of carbonyl (C=O) groups excluding carboxylic acids is 1. The number of carboxylic acid groups (broad SMARTS) is 1. The molecule has 1 amide bonds. The molecule has 0 aromatic carbocycles. The van der Waals surface area contributed by atoms with Gasteiger partial charge in [-0.25, -0.2) is 4.79 Å². The van der Waals surface area contributed by atoms with Gasteiger partial charge in [-0.3, -0.25) is 4.79 Å². The Morgan fingerprint density at radius 2 is 2.06 bits per heavy atom. The fourth-order valence-corrected chi connectivity index (χ4v) is 2.34. The third-order valence-corrected chi connectivity index (χ3v) is 3.59. The van der Waals surface area contributed by atoms with Crippen molar-refractivity contribution in [3.8, 4) is 0 Å². The van der Waals surface area contributed by atoms with Crippen molar-refractivity contribution in [2.24, 2.45) is 11.8 Å². The largest absolute Gasteiger partial charge is 0.480 e. The molecule has 2 atom stereocenters. The van der Waals surface area contributed by atoms with E-state index in [0.717, 1.165) is 25.7 Å². The number of carbonyl (C=O) groups is 2. The molecule has 0 saturated carbocycles. The Morgan fingerprint density at radius 1 is 1.39 bits per heavy atom. The predicted octanol–water partition coefficient (Wildman–Crippen LogP) is 1.42. The SMILES string of the molecule is CCC(CC)C(=O)NC(C(=O)O)C1CCCOC1. The Balaban J connectivity index is 2.62. The molecule has 2 unspecified atom stereocenters. The number of rotatable bonds is 6. The van der Waals surface area contributed by atoms with Crippen molar-refractivity contribution in [2.75, 3.05) is 13.2 Å². The maximum atomic E-state index is 11.9. The highest BCUT2D eigenvalue weighted by Gasteiger charge is 2.32. The fourth-order valence-electron chi connectivity index (χ4n) is 2.34. The summed E-state index contributed by atoms with van der Waals surface area (Å²) in [6.45, 7) is 4.98. The summed E-state index contributed by atoms with van der Waals surface area (Å²) in [4.78, 5) is 23.2. The minimum Gasteiger partial charge on any atom is -0.480 e. The van der Waals surface area contributed by atoms with Gasteiger partial charge in [-0.05, 0) is 25.7 Å². The summed E-state index contributed by atoms with van der Waals surface area (Å²) >= 11 is 0. The highest BCUT2D eigenvalue weighted by molar-refractivity contribution is 5.85. The first-order chi connectivity index (χ1) is 8.60. The lowest BCUT2D eigenvalue weighted by molar-refractivity contribution is -0.145. The van der Waals surface area contributed by atoms with Crippen molar-refractivity contribution in [2.45, 2.75) is 45.6 Å². The zero-order chi connectivity index (χ0) is 13.5. The van der Waals surface area contributed by atoms with Gasteiger partial charge >= 0.3 is 5.97 Å². The number of hydrogen-bond donors (Lipinski definition) is 2. The fraction of sp³-hybridized carbons (Fsp3) is 0.846. The van der Waals surface area contributed by atoms with Gasteiger partial charge in [-0.15, -0.1) is 0 Å². The van der Waals surface area contributed by atoms with Crippen LogP contribution in [0.3, 0.4) is 0 Å². The summed E-state index contributed by atoms with van der Waals surface area (Å²) in [6, 6.07) is -0.821. The maximum Gasteiger partial charge on any atom is 0.326 e. The molecule has 1 aliphatic heterocycles. The molecule has 2 N–H and O–H groups in total. The molecule has 0 spiro atoms. The molecule has 0 aromatic heterocycles. The molecule has 0 aliphatic carbocycles. The van der Waals surface area contributed by atoms with Crippen molar-refractivity contribution >= 4 is 11.9 Å². The third-order valence-electron chi connectivity index (χ3n) is 3.59. The molecule has 18 heavy (non-hydrogen) atoms. The lowest BCUT2D eigenvalue weighted by Crippen LogP contribution is -2.50. The number of ether oxygens (including phenoxy) is 1. The standard InChI is InChI=1S/C13H23NO4/c1-3-9(4-2)12(15)14-11(13(16)17)10-6-5-7-18-8-10/h9-11H,3-8H2,1-2H3,(H,14,15)(H,16,17). The highest BCUT2D eigenvalue weighted by atomic mass is 16.5. The first kappa shape index (κ1) is 15.0. The first-order valence-electron chi connectivity index (χ1n) is 6.71. The Kier molecular flexibility index (Phi) is 6.12. The van der Waals surface area contributed by atoms with Crippen LogP contribution in [0, 0.1) is 11.8 Å². The van der Waals surface area contributed by atoms with E-state index in [4.69, 9.17) is 4.74 Å². The van der Waals surface area contributed by atoms with E-state index in [9.17, 15) is 14.7 Å². The van der Waals surface area contributed by atoms with Crippen LogP contribution in [0.4, 0.5) is 0 Å². The minimum absolute atomic E-state index is 0.101. The van der Waals surface area contributed by atoms with Gasteiger partial charge in [0.1, 0.15) is 6.04 Å². The topological polar surface area (TPSA) is 75.6 Å². The van der Waals surface area contributed by atoms with Crippen LogP contribution in [-0.4, -0.2) is 36.2 Å². The summed E-state index contributed by atoms with van der Waals surface area (Å²) in [5, 5.41) is 11.9. The molecule has 1 rings (SSSR count). The number of aliphatic carboxylic acids is 1. The number of nitrogens with one attached hydrogen (secondary N) is 1. The van der Waals surface area contributed by atoms with Crippen molar-refractivity contribution in [3.63, 3.8) is 0 Å². The van der Waals surface area contributed by atoms with Gasteiger partial charge in [0.15, 0.2) is 0 Å². The first-order valence-corrected chi connectivity index (χ1v) is 6.71. The number of carboxylic acids is 1. The van der Waals surface area contributed by atoms with E-state index in [1.807, 2.05) is 13.8 Å². The summed E-state index contributed by atoms with van der Waals surface area (Å²) in [6.07, 6.45) is 3.11. The van der Waals surface area contributed by atoms with E-state index >= 15 is 0 Å². The second-order valence-corrected chi connectivity index (χ2v) is 4.82. The van der Waals surface area contributed by atoms with Crippen LogP contribution in [0.2, 0.25) is 0 Å². The number of amides is 1. The normalized spacial score (nSPS) is 21.6. The molecule has 0 radical (unpaired) electrons. The zero-order valence-electron chi connectivity index (χ0n) is 11.1. The Morgan fingerprint density at radius 3 is 2.50 bits per heavy atom. The maximum absolute atomic E-state index is 11.9. The van der Waals surface area contributed by atoms with Gasteiger partial charge in [0.25, 0.3) is 0 Å². The molecule has 104 valence electrons. The second kappa shape index (κ2) is 7.36. The minimum atomic E-state index is -0.968. The molecule has 1 aliphatic rings. The van der Waals surface area contributed by atoms with Gasteiger partial charge in [-0.1, -0.05) is 13.8 Å². The van der Waals surface area contributed by atoms with Crippen LogP contribution in [0.15, 0.2) is 0 Å². The van der Waals surface area contributed by atoms with E-state index in [1.165, 1.54) is 0 Å². The van der Waals surface area contributed by atoms with Gasteiger partial charge in [0, 0.05) is 18.4 Å². The van der Waals surface area contributed by atoms with Gasteiger partial charge in [0.05, 0.1) is 6.61 Å². The van der Waals surface area contributed by atoms with Crippen LogP contribution in [0.25, 0.3) is 0 Å². The van der Waals surface area contributed by atoms with Crippen molar-refractivity contribution < 1.29 is 19.4 Å². The average Bonchev–Trinajstić information content (AvgIpc) is 2.38. The smallest absolute Gasteiger partial charge is 0.326 e. The molecule has 5 heteroatoms. The van der Waals surface area contributed by atoms with Crippen molar-refractivity contribution in [1.82, 2.24) is 5.32 Å². The molecular formula is C13H23NO4. The quantitative estimate of drug-likeness (QED) is 0.754. The van der Waals surface area contributed by atoms with E-state index in [2.05, 4.69) is 5.32 Å². The van der Waals surface area contributed by atoms with E-state index < -0.39 is 12.0 Å². The average molecular weight is 257 g/mol. The van der Waals surface area contributed by atoms with Gasteiger partial charge < -0.3 is 15.2 Å². The monoisotopic (exact) mass is 257 g/mol. The molecule has 5 nitrogen and oxygen atoms in total. The summed E-state index contributed by atoms with van der Waals surface area (Å²) in [5.74, 6) is -1.34. The second-order valence-electron chi connectivity index (χ2n) is 4.82. The van der Waals surface area contributed by atoms with Crippen molar-refractivity contribution in [3.05, 3.63) is 0 Å². The molecule has 0 bridgehead atoms. The van der Waals surface area contributed by atoms with Gasteiger partial charge in [-0.2, -0.15) is 0 Å². The third kappa shape index (κ3) is 3.98. The zero-order valence-corrected chi connectivity index (χ0v) is 11.1. The molecular weight excluding hydrogens is 234 g/mol. The van der Waals surface area contributed by atoms with Crippen LogP contribution < -0.4 is 5.32 Å². The lowest BCUT2D eigenvalue weighted by atomic mass is 9.92. The highest BCUT2D eigenvalue weighted by Crippen LogP contribution is 2.19. The van der Waals surface area contributed by atoms with E-state index in [1.54, 1.807) is 0 Å². The van der Waals surface area contributed by atoms with Crippen LogP contribution in [0.5, 0.6) is 0 Å². The summed E-state index contributed by atoms with van der Waals surface area (Å²) in [7, 11) is 0. The predicted molar refractivity (Wildman–Crippen MR) is 67.2 cm³/mol.